The summed E-state index contributed by atoms with van der Waals surface area (Å²) in [4.78, 5) is 37.8. The van der Waals surface area contributed by atoms with Crippen LogP contribution in [0, 0.1) is 12.3 Å². The number of rotatable bonds is 7. The van der Waals surface area contributed by atoms with Crippen molar-refractivity contribution in [1.82, 2.24) is 4.90 Å². The minimum Gasteiger partial charge on any atom is -0.493 e. The van der Waals surface area contributed by atoms with Crippen molar-refractivity contribution in [1.29, 1.82) is 0 Å². The highest BCUT2D eigenvalue weighted by atomic mass is 35.5. The Labute approximate surface area is 187 Å². The van der Waals surface area contributed by atoms with Crippen LogP contribution >= 0.6 is 23.4 Å². The van der Waals surface area contributed by atoms with Crippen molar-refractivity contribution in [2.45, 2.75) is 6.54 Å². The number of halogens is 1. The molecule has 1 aliphatic heterocycles. The number of methoxy groups -OCH3 is 2. The highest BCUT2D eigenvalue weighted by molar-refractivity contribution is 8.18. The predicted molar refractivity (Wildman–Crippen MR) is 114 cm³/mol. The molecular formula is C21H16ClNO7S. The third-order valence-corrected chi connectivity index (χ3v) is 5.27. The average Bonchev–Trinajstić information content (AvgIpc) is 3.32. The molecule has 0 atom stereocenters. The molecule has 31 heavy (non-hydrogen) atoms. The number of nitrogens with zero attached hydrogens (tertiary/aromatic N) is 1. The van der Waals surface area contributed by atoms with Crippen molar-refractivity contribution in [2.75, 3.05) is 20.8 Å². The monoisotopic (exact) mass is 461 g/mol. The minimum atomic E-state index is -0.652. The SMILES string of the molecule is C#CCOc1c(Cl)cc(/C=C2/SC(=O)N(Cc3ccc(C(=O)OC)o3)C2=O)cc1OC. The number of esters is 1. The van der Waals surface area contributed by atoms with Crippen LogP contribution in [0.5, 0.6) is 11.5 Å². The normalized spacial score (nSPS) is 14.6. The number of amides is 2. The van der Waals surface area contributed by atoms with Crippen LogP contribution in [0.15, 0.2) is 33.6 Å². The van der Waals surface area contributed by atoms with Crippen LogP contribution in [0.3, 0.4) is 0 Å². The molecule has 8 nitrogen and oxygen atoms in total. The number of ether oxygens (including phenoxy) is 3. The Morgan fingerprint density at radius 2 is 2.10 bits per heavy atom. The maximum Gasteiger partial charge on any atom is 0.373 e. The number of furan rings is 1. The molecule has 0 saturated carbocycles. The summed E-state index contributed by atoms with van der Waals surface area (Å²) in [6.45, 7) is -0.110. The number of hydrogen-bond donors (Lipinski definition) is 0. The smallest absolute Gasteiger partial charge is 0.373 e. The summed E-state index contributed by atoms with van der Waals surface area (Å²) in [5.41, 5.74) is 0.534. The topological polar surface area (TPSA) is 95.3 Å². The summed E-state index contributed by atoms with van der Waals surface area (Å²) < 4.78 is 20.6. The van der Waals surface area contributed by atoms with Gasteiger partial charge in [0, 0.05) is 0 Å². The number of terminal acetylenes is 1. The van der Waals surface area contributed by atoms with E-state index in [2.05, 4.69) is 10.7 Å². The van der Waals surface area contributed by atoms with Crippen molar-refractivity contribution in [3.8, 4) is 23.8 Å². The largest absolute Gasteiger partial charge is 0.493 e. The first-order valence-corrected chi connectivity index (χ1v) is 9.93. The summed E-state index contributed by atoms with van der Waals surface area (Å²) in [7, 11) is 2.67. The van der Waals surface area contributed by atoms with E-state index in [-0.39, 0.29) is 40.3 Å². The van der Waals surface area contributed by atoms with Crippen molar-refractivity contribution in [2.24, 2.45) is 0 Å². The highest BCUT2D eigenvalue weighted by Crippen LogP contribution is 2.39. The molecule has 1 fully saturated rings. The zero-order valence-corrected chi connectivity index (χ0v) is 18.0. The van der Waals surface area contributed by atoms with E-state index in [9.17, 15) is 14.4 Å². The van der Waals surface area contributed by atoms with Gasteiger partial charge in [-0.2, -0.15) is 0 Å². The molecule has 3 rings (SSSR count). The number of carbonyl (C=O) groups is 3. The number of imide groups is 1. The summed E-state index contributed by atoms with van der Waals surface area (Å²) >= 11 is 7.03. The summed E-state index contributed by atoms with van der Waals surface area (Å²) in [6, 6.07) is 6.09. The van der Waals surface area contributed by atoms with Gasteiger partial charge in [0.05, 0.1) is 30.7 Å². The molecule has 160 valence electrons. The van der Waals surface area contributed by atoms with Crippen LogP contribution in [0.1, 0.15) is 21.9 Å². The van der Waals surface area contributed by atoms with E-state index in [1.54, 1.807) is 12.1 Å². The zero-order chi connectivity index (χ0) is 22.5. The Morgan fingerprint density at radius 3 is 2.77 bits per heavy atom. The average molecular weight is 462 g/mol. The number of benzene rings is 1. The van der Waals surface area contributed by atoms with Gasteiger partial charge in [-0.1, -0.05) is 17.5 Å². The van der Waals surface area contributed by atoms with Crippen molar-refractivity contribution in [3.05, 3.63) is 51.3 Å². The molecule has 0 N–H and O–H groups in total. The van der Waals surface area contributed by atoms with Gasteiger partial charge in [-0.15, -0.1) is 6.42 Å². The van der Waals surface area contributed by atoms with Crippen LogP contribution < -0.4 is 9.47 Å². The third-order valence-electron chi connectivity index (χ3n) is 4.09. The maximum atomic E-state index is 12.7. The summed E-state index contributed by atoms with van der Waals surface area (Å²) in [5, 5.41) is -0.231. The Hall–Kier alpha value is -3.35. The molecule has 0 bridgehead atoms. The first kappa shape index (κ1) is 22.3. The molecule has 1 aliphatic rings. The Morgan fingerprint density at radius 1 is 1.32 bits per heavy atom. The lowest BCUT2D eigenvalue weighted by atomic mass is 10.1. The molecule has 2 aromatic rings. The van der Waals surface area contributed by atoms with Gasteiger partial charge in [0.25, 0.3) is 11.1 Å². The maximum absolute atomic E-state index is 12.7. The second kappa shape index (κ2) is 9.64. The Kier molecular flexibility index (Phi) is 6.95. The number of carbonyl (C=O) groups excluding carboxylic acids is 3. The lowest BCUT2D eigenvalue weighted by molar-refractivity contribution is -0.123. The van der Waals surface area contributed by atoms with Crippen molar-refractivity contribution in [3.63, 3.8) is 0 Å². The van der Waals surface area contributed by atoms with Crippen LogP contribution in [0.4, 0.5) is 4.79 Å². The van der Waals surface area contributed by atoms with Gasteiger partial charge in [0.15, 0.2) is 11.5 Å². The van der Waals surface area contributed by atoms with Gasteiger partial charge in [0.1, 0.15) is 12.4 Å². The van der Waals surface area contributed by atoms with Gasteiger partial charge in [-0.05, 0) is 47.7 Å². The van der Waals surface area contributed by atoms with E-state index in [1.165, 1.54) is 32.4 Å². The van der Waals surface area contributed by atoms with E-state index in [0.29, 0.717) is 11.3 Å². The van der Waals surface area contributed by atoms with E-state index >= 15 is 0 Å². The van der Waals surface area contributed by atoms with Gasteiger partial charge in [0.2, 0.25) is 5.76 Å². The standard InChI is InChI=1S/C21H16ClNO7S/c1-4-7-29-18-14(22)8-12(9-16(18)27-2)10-17-19(24)23(21(26)31-17)11-13-5-6-15(30-13)20(25)28-3/h1,5-6,8-10H,7,11H2,2-3H3/b17-10+. The van der Waals surface area contributed by atoms with Gasteiger partial charge in [-0.25, -0.2) is 4.79 Å². The first-order chi connectivity index (χ1) is 14.9. The lowest BCUT2D eigenvalue weighted by Gasteiger charge is -2.12. The van der Waals surface area contributed by atoms with Crippen molar-refractivity contribution < 1.29 is 33.0 Å². The predicted octanol–water partition coefficient (Wildman–Crippen LogP) is 3.98. The molecule has 1 aromatic heterocycles. The van der Waals surface area contributed by atoms with Gasteiger partial charge >= 0.3 is 5.97 Å². The molecule has 0 spiro atoms. The second-order valence-corrected chi connectivity index (χ2v) is 7.45. The summed E-state index contributed by atoms with van der Waals surface area (Å²) in [6.07, 6.45) is 6.72. The van der Waals surface area contributed by atoms with E-state index in [1.807, 2.05) is 0 Å². The van der Waals surface area contributed by atoms with Crippen LogP contribution in [0.2, 0.25) is 5.02 Å². The molecule has 0 unspecified atom stereocenters. The minimum absolute atomic E-state index is 0.0127. The van der Waals surface area contributed by atoms with Gasteiger partial charge in [-0.3, -0.25) is 14.5 Å². The van der Waals surface area contributed by atoms with E-state index < -0.39 is 17.1 Å². The quantitative estimate of drug-likeness (QED) is 0.347. The first-order valence-electron chi connectivity index (χ1n) is 8.74. The molecule has 1 aromatic carbocycles. The Bertz CT molecular complexity index is 1120. The lowest BCUT2D eigenvalue weighted by Crippen LogP contribution is -2.27. The molecular weight excluding hydrogens is 446 g/mol. The molecule has 2 heterocycles. The fourth-order valence-corrected chi connectivity index (χ4v) is 3.81. The highest BCUT2D eigenvalue weighted by Gasteiger charge is 2.36. The molecule has 0 aliphatic carbocycles. The number of hydrogen-bond acceptors (Lipinski definition) is 8. The third kappa shape index (κ3) is 4.87. The molecule has 1 saturated heterocycles. The van der Waals surface area contributed by atoms with E-state index in [0.717, 1.165) is 16.7 Å². The van der Waals surface area contributed by atoms with Crippen molar-refractivity contribution >= 4 is 46.6 Å². The number of thioether (sulfide) groups is 1. The van der Waals surface area contributed by atoms with Gasteiger partial charge < -0.3 is 18.6 Å². The van der Waals surface area contributed by atoms with Crippen LogP contribution in [-0.2, 0) is 16.1 Å². The second-order valence-electron chi connectivity index (χ2n) is 6.05. The molecule has 0 radical (unpaired) electrons. The fraction of sp³-hybridized carbons (Fsp3) is 0.190. The fourth-order valence-electron chi connectivity index (χ4n) is 2.69. The van der Waals surface area contributed by atoms with Crippen LogP contribution in [0.25, 0.3) is 6.08 Å². The zero-order valence-electron chi connectivity index (χ0n) is 16.5. The van der Waals surface area contributed by atoms with Crippen LogP contribution in [-0.4, -0.2) is 42.8 Å². The Balaban J connectivity index is 1.81. The van der Waals surface area contributed by atoms with E-state index in [4.69, 9.17) is 31.9 Å². The summed E-state index contributed by atoms with van der Waals surface area (Å²) in [5.74, 6) is 2.05. The molecule has 10 heteroatoms. The molecule has 2 amide bonds.